The Bertz CT molecular complexity index is 2570. The Morgan fingerprint density at radius 2 is 1.11 bits per heavy atom. The van der Waals surface area contributed by atoms with Crippen LogP contribution in [0.3, 0.4) is 0 Å². The molecule has 0 saturated carbocycles. The van der Waals surface area contributed by atoms with Crippen LogP contribution in [0.5, 0.6) is 0 Å². The summed E-state index contributed by atoms with van der Waals surface area (Å²) in [7, 11) is 0. The third kappa shape index (κ3) is 4.04. The van der Waals surface area contributed by atoms with E-state index in [1.54, 1.807) is 0 Å². The van der Waals surface area contributed by atoms with Crippen molar-refractivity contribution in [2.75, 3.05) is 0 Å². The monoisotopic (exact) mass is 609 g/mol. The Labute approximate surface area is 273 Å². The molecule has 6 aromatic carbocycles. The molecule has 0 unspecified atom stereocenters. The minimum Gasteiger partial charge on any atom is -0.454 e. The Morgan fingerprint density at radius 3 is 1.77 bits per heavy atom. The molecular weight excluding hydrogens is 574 g/mol. The average Bonchev–Trinajstić information content (AvgIpc) is 3.78. The molecule has 228 valence electrons. The van der Waals surface area contributed by atoms with E-state index in [9.17, 15) is 0 Å². The van der Waals surface area contributed by atoms with Crippen LogP contribution in [-0.4, -0.2) is 14.1 Å². The van der Waals surface area contributed by atoms with Crippen LogP contribution in [0.2, 0.25) is 0 Å². The van der Waals surface area contributed by atoms with Crippen LogP contribution >= 0.6 is 0 Å². The number of imidazole rings is 1. The van der Waals surface area contributed by atoms with E-state index in [4.69, 9.17) is 9.40 Å². The van der Waals surface area contributed by atoms with Crippen molar-refractivity contribution in [3.05, 3.63) is 139 Å². The van der Waals surface area contributed by atoms with Gasteiger partial charge < -0.3 is 8.98 Å². The van der Waals surface area contributed by atoms with Crippen molar-refractivity contribution in [2.45, 2.75) is 39.5 Å². The van der Waals surface area contributed by atoms with Crippen LogP contribution in [0.25, 0.3) is 77.5 Å². The fraction of sp³-hybridized carbons (Fsp3) is 0.140. The fourth-order valence-corrected chi connectivity index (χ4v) is 7.56. The summed E-state index contributed by atoms with van der Waals surface area (Å²) in [6, 6.07) is 45.4. The highest BCUT2D eigenvalue weighted by Gasteiger charge is 2.26. The molecule has 0 saturated heterocycles. The van der Waals surface area contributed by atoms with Gasteiger partial charge in [-0.05, 0) is 65.4 Å². The number of rotatable bonds is 5. The maximum Gasteiger partial charge on any atom is 0.160 e. The topological polar surface area (TPSA) is 35.9 Å². The number of fused-ring (bicyclic) bond motifs is 7. The molecule has 4 nitrogen and oxygen atoms in total. The SMILES string of the molecule is CC(C)c1cccc(C(C)C)c1-n1c(-c2ccc(-n3c4ccccc4c4ccccc43)c3oc4ccccc4c23)nc2ccccc21. The lowest BCUT2D eigenvalue weighted by Crippen LogP contribution is -2.08. The number of para-hydroxylation sites is 6. The zero-order valence-corrected chi connectivity index (χ0v) is 27.0. The molecule has 0 amide bonds. The van der Waals surface area contributed by atoms with Gasteiger partial charge >= 0.3 is 0 Å². The standard InChI is InChI=1S/C43H35N3O/c1-26(2)28-17-13-18-29(27(3)4)41(28)46-37-22-11-8-19-34(37)44-43(46)33-24-25-38(42-40(33)32-16-7-12-23-39(32)47-42)45-35-20-9-5-14-30(35)31-15-6-10-21-36(31)45/h5-27H,1-4H3. The number of hydrogen-bond donors (Lipinski definition) is 0. The molecule has 0 aliphatic rings. The predicted octanol–water partition coefficient (Wildman–Crippen LogP) is 11.9. The van der Waals surface area contributed by atoms with E-state index in [-0.39, 0.29) is 0 Å². The molecular formula is C43H35N3O. The molecule has 0 radical (unpaired) electrons. The van der Waals surface area contributed by atoms with E-state index in [1.165, 1.54) is 27.6 Å². The first kappa shape index (κ1) is 27.7. The van der Waals surface area contributed by atoms with E-state index in [2.05, 4.69) is 158 Å². The number of benzene rings is 6. The van der Waals surface area contributed by atoms with E-state index in [1.807, 2.05) is 6.07 Å². The average molecular weight is 610 g/mol. The summed E-state index contributed by atoms with van der Waals surface area (Å²) < 4.78 is 11.6. The summed E-state index contributed by atoms with van der Waals surface area (Å²) in [5.74, 6) is 1.60. The maximum atomic E-state index is 6.85. The van der Waals surface area contributed by atoms with Crippen molar-refractivity contribution in [1.82, 2.24) is 14.1 Å². The van der Waals surface area contributed by atoms with Crippen LogP contribution in [0.15, 0.2) is 132 Å². The smallest absolute Gasteiger partial charge is 0.160 e. The number of furan rings is 1. The van der Waals surface area contributed by atoms with Crippen LogP contribution in [0.1, 0.15) is 50.7 Å². The Kier molecular flexibility index (Phi) is 6.16. The summed E-state index contributed by atoms with van der Waals surface area (Å²) >= 11 is 0. The van der Waals surface area contributed by atoms with Gasteiger partial charge in [0.15, 0.2) is 5.58 Å². The van der Waals surface area contributed by atoms with Gasteiger partial charge in [0.1, 0.15) is 11.4 Å². The first-order chi connectivity index (χ1) is 23.0. The van der Waals surface area contributed by atoms with Gasteiger partial charge in [-0.2, -0.15) is 0 Å². The van der Waals surface area contributed by atoms with Crippen LogP contribution in [0, 0.1) is 0 Å². The lowest BCUT2D eigenvalue weighted by Gasteiger charge is -2.23. The third-order valence-corrected chi connectivity index (χ3v) is 9.69. The zero-order valence-electron chi connectivity index (χ0n) is 27.0. The molecule has 0 spiro atoms. The van der Waals surface area contributed by atoms with Crippen LogP contribution in [-0.2, 0) is 0 Å². The molecule has 0 bridgehead atoms. The molecule has 0 aliphatic heterocycles. The van der Waals surface area contributed by atoms with Crippen LogP contribution in [0.4, 0.5) is 0 Å². The maximum absolute atomic E-state index is 6.85. The number of nitrogens with zero attached hydrogens (tertiary/aromatic N) is 3. The molecule has 0 N–H and O–H groups in total. The van der Waals surface area contributed by atoms with Gasteiger partial charge in [0.05, 0.1) is 33.4 Å². The third-order valence-electron chi connectivity index (χ3n) is 9.69. The minimum atomic E-state index is 0.338. The Morgan fingerprint density at radius 1 is 0.532 bits per heavy atom. The summed E-state index contributed by atoms with van der Waals surface area (Å²) in [5, 5.41) is 4.61. The van der Waals surface area contributed by atoms with E-state index in [0.717, 1.165) is 61.1 Å². The van der Waals surface area contributed by atoms with Crippen molar-refractivity contribution in [3.63, 3.8) is 0 Å². The molecule has 9 aromatic rings. The summed E-state index contributed by atoms with van der Waals surface area (Å²) in [6.45, 7) is 9.13. The molecule has 9 rings (SSSR count). The minimum absolute atomic E-state index is 0.338. The van der Waals surface area contributed by atoms with Crippen LogP contribution < -0.4 is 0 Å². The van der Waals surface area contributed by atoms with Crippen molar-refractivity contribution in [2.24, 2.45) is 0 Å². The lowest BCUT2D eigenvalue weighted by molar-refractivity contribution is 0.666. The predicted molar refractivity (Wildman–Crippen MR) is 196 cm³/mol. The zero-order chi connectivity index (χ0) is 31.8. The molecule has 0 fully saturated rings. The van der Waals surface area contributed by atoms with Crippen molar-refractivity contribution in [1.29, 1.82) is 0 Å². The molecule has 47 heavy (non-hydrogen) atoms. The van der Waals surface area contributed by atoms with Gasteiger partial charge in [0.25, 0.3) is 0 Å². The fourth-order valence-electron chi connectivity index (χ4n) is 7.56. The van der Waals surface area contributed by atoms with Gasteiger partial charge in [0.2, 0.25) is 0 Å². The Balaban J connectivity index is 1.43. The highest BCUT2D eigenvalue weighted by molar-refractivity contribution is 6.16. The largest absolute Gasteiger partial charge is 0.454 e. The summed E-state index contributed by atoms with van der Waals surface area (Å²) in [4.78, 5) is 5.40. The first-order valence-electron chi connectivity index (χ1n) is 16.5. The van der Waals surface area contributed by atoms with E-state index >= 15 is 0 Å². The second-order valence-corrected chi connectivity index (χ2v) is 13.2. The number of aromatic nitrogens is 3. The first-order valence-corrected chi connectivity index (χ1v) is 16.5. The number of hydrogen-bond acceptors (Lipinski definition) is 2. The van der Waals surface area contributed by atoms with Gasteiger partial charge in [0, 0.05) is 27.1 Å². The van der Waals surface area contributed by atoms with E-state index < -0.39 is 0 Å². The van der Waals surface area contributed by atoms with Crippen molar-refractivity contribution in [3.8, 4) is 22.8 Å². The highest BCUT2D eigenvalue weighted by Crippen LogP contribution is 2.44. The van der Waals surface area contributed by atoms with Gasteiger partial charge in [-0.15, -0.1) is 0 Å². The van der Waals surface area contributed by atoms with Crippen molar-refractivity contribution >= 4 is 54.8 Å². The summed E-state index contributed by atoms with van der Waals surface area (Å²) in [6.07, 6.45) is 0. The van der Waals surface area contributed by atoms with Gasteiger partial charge in [-0.1, -0.05) is 113 Å². The van der Waals surface area contributed by atoms with Crippen molar-refractivity contribution < 1.29 is 4.42 Å². The molecule has 0 atom stereocenters. The molecule has 4 heteroatoms. The second kappa shape index (κ2) is 10.5. The Hall–Kier alpha value is -5.61. The van der Waals surface area contributed by atoms with E-state index in [0.29, 0.717) is 11.8 Å². The molecule has 0 aliphatic carbocycles. The quantitative estimate of drug-likeness (QED) is 0.195. The van der Waals surface area contributed by atoms with Gasteiger partial charge in [-0.25, -0.2) is 4.98 Å². The normalized spacial score (nSPS) is 12.2. The second-order valence-electron chi connectivity index (χ2n) is 13.2. The summed E-state index contributed by atoms with van der Waals surface area (Å²) in [5.41, 5.74) is 12.0. The molecule has 3 heterocycles. The lowest BCUT2D eigenvalue weighted by atomic mass is 9.92. The molecule has 3 aromatic heterocycles. The highest BCUT2D eigenvalue weighted by atomic mass is 16.3. The van der Waals surface area contributed by atoms with Gasteiger partial charge in [-0.3, -0.25) is 4.57 Å².